The molecule has 0 amide bonds. The van der Waals surface area contributed by atoms with Crippen molar-refractivity contribution in [3.8, 4) is 0 Å². The van der Waals surface area contributed by atoms with E-state index in [-0.39, 0.29) is 12.5 Å². The number of ether oxygens (including phenoxy) is 1. The van der Waals surface area contributed by atoms with E-state index in [9.17, 15) is 8.42 Å². The number of hydrogen-bond acceptors (Lipinski definition) is 4. The number of sulfone groups is 1. The smallest absolute Gasteiger partial charge is 0.182 e. The van der Waals surface area contributed by atoms with Crippen molar-refractivity contribution in [2.45, 2.75) is 36.3 Å². The third-order valence-corrected chi connectivity index (χ3v) is 7.83. The van der Waals surface area contributed by atoms with E-state index in [0.717, 1.165) is 12.0 Å². The molecule has 0 bridgehead atoms. The van der Waals surface area contributed by atoms with E-state index in [2.05, 4.69) is 19.1 Å². The molecule has 2 aromatic rings. The van der Waals surface area contributed by atoms with E-state index >= 15 is 0 Å². The number of benzene rings is 2. The Morgan fingerprint density at radius 3 is 2.23 bits per heavy atom. The molecular weight excluding hydrogens is 346 g/mol. The van der Waals surface area contributed by atoms with Crippen LogP contribution < -0.4 is 5.73 Å². The topological polar surface area (TPSA) is 69.4 Å². The molecule has 1 aliphatic rings. The Morgan fingerprint density at radius 2 is 1.69 bits per heavy atom. The van der Waals surface area contributed by atoms with Crippen molar-refractivity contribution in [3.05, 3.63) is 65.7 Å². The first-order chi connectivity index (χ1) is 12.5. The Kier molecular flexibility index (Phi) is 5.51. The molecule has 0 spiro atoms. The van der Waals surface area contributed by atoms with Crippen LogP contribution in [0.5, 0.6) is 0 Å². The molecule has 0 radical (unpaired) electrons. The molecule has 4 nitrogen and oxygen atoms in total. The van der Waals surface area contributed by atoms with Crippen LogP contribution in [0, 0.1) is 5.41 Å². The maximum atomic E-state index is 13.3. The predicted octanol–water partition coefficient (Wildman–Crippen LogP) is 3.17. The fourth-order valence-electron chi connectivity index (χ4n) is 3.93. The standard InChI is InChI=1S/C21H27NO3S/c1-3-16-10-12-17(13-11-16)19-20(21(19,14-22)15-25-4-2)26(23,24)18-8-6-5-7-9-18/h5-13,19-20H,3-4,14-15,22H2,1-2H3/t19-,20-,21-/m0/s1. The van der Waals surface area contributed by atoms with Crippen molar-refractivity contribution in [3.63, 3.8) is 0 Å². The molecule has 0 aromatic heterocycles. The molecule has 140 valence electrons. The minimum Gasteiger partial charge on any atom is -0.381 e. The van der Waals surface area contributed by atoms with Crippen LogP contribution in [0.25, 0.3) is 0 Å². The summed E-state index contributed by atoms with van der Waals surface area (Å²) in [6.07, 6.45) is 0.956. The summed E-state index contributed by atoms with van der Waals surface area (Å²) >= 11 is 0. The van der Waals surface area contributed by atoms with E-state index in [4.69, 9.17) is 10.5 Å². The third-order valence-electron chi connectivity index (χ3n) is 5.49. The first-order valence-corrected chi connectivity index (χ1v) is 10.7. The summed E-state index contributed by atoms with van der Waals surface area (Å²) in [4.78, 5) is 0.354. The van der Waals surface area contributed by atoms with Gasteiger partial charge in [0.2, 0.25) is 0 Å². The van der Waals surface area contributed by atoms with Gasteiger partial charge in [-0.25, -0.2) is 8.42 Å². The van der Waals surface area contributed by atoms with Crippen LogP contribution in [-0.2, 0) is 21.0 Å². The van der Waals surface area contributed by atoms with Crippen LogP contribution in [0.4, 0.5) is 0 Å². The number of hydrogen-bond donors (Lipinski definition) is 1. The first kappa shape index (κ1) is 19.1. The van der Waals surface area contributed by atoms with Crippen LogP contribution in [0.2, 0.25) is 0 Å². The van der Waals surface area contributed by atoms with E-state index in [0.29, 0.717) is 18.1 Å². The zero-order valence-electron chi connectivity index (χ0n) is 15.4. The minimum absolute atomic E-state index is 0.143. The maximum absolute atomic E-state index is 13.3. The van der Waals surface area contributed by atoms with Gasteiger partial charge in [-0.3, -0.25) is 0 Å². The van der Waals surface area contributed by atoms with Crippen molar-refractivity contribution in [2.24, 2.45) is 11.1 Å². The summed E-state index contributed by atoms with van der Waals surface area (Å²) in [5.74, 6) is -0.143. The van der Waals surface area contributed by atoms with Gasteiger partial charge >= 0.3 is 0 Å². The average molecular weight is 374 g/mol. The molecule has 1 fully saturated rings. The van der Waals surface area contributed by atoms with Gasteiger partial charge in [0.15, 0.2) is 9.84 Å². The maximum Gasteiger partial charge on any atom is 0.182 e. The highest BCUT2D eigenvalue weighted by molar-refractivity contribution is 7.92. The lowest BCUT2D eigenvalue weighted by molar-refractivity contribution is 0.101. The normalized spacial score (nSPS) is 25.2. The molecule has 0 heterocycles. The van der Waals surface area contributed by atoms with Gasteiger partial charge in [0.1, 0.15) is 0 Å². The molecule has 0 aliphatic heterocycles. The van der Waals surface area contributed by atoms with Crippen molar-refractivity contribution in [1.29, 1.82) is 0 Å². The zero-order valence-corrected chi connectivity index (χ0v) is 16.2. The lowest BCUT2D eigenvalue weighted by atomic mass is 9.99. The summed E-state index contributed by atoms with van der Waals surface area (Å²) in [7, 11) is -3.49. The quantitative estimate of drug-likeness (QED) is 0.772. The van der Waals surface area contributed by atoms with Crippen molar-refractivity contribution in [1.82, 2.24) is 0 Å². The Bertz CT molecular complexity index is 833. The van der Waals surface area contributed by atoms with Crippen LogP contribution in [0.1, 0.15) is 30.9 Å². The molecule has 1 saturated carbocycles. The summed E-state index contributed by atoms with van der Waals surface area (Å²) in [5.41, 5.74) is 7.80. The van der Waals surface area contributed by atoms with E-state index < -0.39 is 20.5 Å². The zero-order chi connectivity index (χ0) is 18.8. The molecule has 0 saturated heterocycles. The van der Waals surface area contributed by atoms with Crippen molar-refractivity contribution >= 4 is 9.84 Å². The fraction of sp³-hybridized carbons (Fsp3) is 0.429. The fourth-order valence-corrected chi connectivity index (χ4v) is 6.40. The average Bonchev–Trinajstić information content (AvgIpc) is 3.37. The van der Waals surface area contributed by atoms with Gasteiger partial charge in [-0.1, -0.05) is 49.4 Å². The van der Waals surface area contributed by atoms with Crippen molar-refractivity contribution < 1.29 is 13.2 Å². The highest BCUT2D eigenvalue weighted by atomic mass is 32.2. The second-order valence-corrected chi connectivity index (χ2v) is 9.00. The summed E-state index contributed by atoms with van der Waals surface area (Å²) < 4.78 is 32.3. The molecule has 2 N–H and O–H groups in total. The Hall–Kier alpha value is -1.69. The number of aryl methyl sites for hydroxylation is 1. The SMILES string of the molecule is CCOC[C@@]1(CN)[C@@H](c2ccc(CC)cc2)[C@@H]1S(=O)(=O)c1ccccc1. The Labute approximate surface area is 156 Å². The highest BCUT2D eigenvalue weighted by Crippen LogP contribution is 2.63. The second-order valence-electron chi connectivity index (χ2n) is 6.93. The summed E-state index contributed by atoms with van der Waals surface area (Å²) in [6, 6.07) is 16.9. The van der Waals surface area contributed by atoms with E-state index in [1.54, 1.807) is 24.3 Å². The molecular formula is C21H27NO3S. The van der Waals surface area contributed by atoms with Gasteiger partial charge in [0.25, 0.3) is 0 Å². The van der Waals surface area contributed by atoms with E-state index in [1.807, 2.05) is 25.1 Å². The van der Waals surface area contributed by atoms with Crippen LogP contribution in [0.15, 0.2) is 59.5 Å². The first-order valence-electron chi connectivity index (χ1n) is 9.17. The summed E-state index contributed by atoms with van der Waals surface area (Å²) in [6.45, 7) is 5.20. The van der Waals surface area contributed by atoms with Gasteiger partial charge < -0.3 is 10.5 Å². The monoisotopic (exact) mass is 373 g/mol. The molecule has 0 unspecified atom stereocenters. The molecule has 26 heavy (non-hydrogen) atoms. The van der Waals surface area contributed by atoms with E-state index in [1.165, 1.54) is 5.56 Å². The molecule has 3 atom stereocenters. The van der Waals surface area contributed by atoms with Gasteiger partial charge in [-0.15, -0.1) is 0 Å². The lowest BCUT2D eigenvalue weighted by Gasteiger charge is -2.16. The molecule has 2 aromatic carbocycles. The van der Waals surface area contributed by atoms with Gasteiger partial charge in [-0.05, 0) is 36.6 Å². The van der Waals surface area contributed by atoms with Crippen LogP contribution in [0.3, 0.4) is 0 Å². The van der Waals surface area contributed by atoms with Gasteiger partial charge in [0.05, 0.1) is 16.8 Å². The van der Waals surface area contributed by atoms with Crippen molar-refractivity contribution in [2.75, 3.05) is 19.8 Å². The minimum atomic E-state index is -3.49. The molecule has 5 heteroatoms. The van der Waals surface area contributed by atoms with Crippen LogP contribution >= 0.6 is 0 Å². The third kappa shape index (κ3) is 3.20. The second kappa shape index (κ2) is 7.51. The Balaban J connectivity index is 2.02. The highest BCUT2D eigenvalue weighted by Gasteiger charge is 2.70. The largest absolute Gasteiger partial charge is 0.381 e. The number of rotatable bonds is 8. The van der Waals surface area contributed by atoms with Crippen LogP contribution in [-0.4, -0.2) is 33.4 Å². The van der Waals surface area contributed by atoms with Gasteiger partial charge in [0, 0.05) is 24.5 Å². The summed E-state index contributed by atoms with van der Waals surface area (Å²) in [5, 5.41) is -0.554. The number of nitrogens with two attached hydrogens (primary N) is 1. The predicted molar refractivity (Wildman–Crippen MR) is 104 cm³/mol. The Morgan fingerprint density at radius 1 is 1.04 bits per heavy atom. The van der Waals surface area contributed by atoms with Gasteiger partial charge in [-0.2, -0.15) is 0 Å². The molecule has 3 rings (SSSR count). The molecule has 1 aliphatic carbocycles. The lowest BCUT2D eigenvalue weighted by Crippen LogP contribution is -2.29.